The molecule has 0 spiro atoms. The van der Waals surface area contributed by atoms with Crippen LogP contribution in [-0.2, 0) is 14.3 Å². The molecule has 0 amide bonds. The number of carbonyl (C=O) groups excluding carboxylic acids is 1. The summed E-state index contributed by atoms with van der Waals surface area (Å²) in [6.07, 6.45) is 7.02. The van der Waals surface area contributed by atoms with Crippen LogP contribution in [0.15, 0.2) is 23.2 Å². The van der Waals surface area contributed by atoms with E-state index in [1.54, 1.807) is 0 Å². The largest absolute Gasteiger partial charge is 0.465 e. The van der Waals surface area contributed by atoms with Gasteiger partial charge in [-0.1, -0.05) is 17.7 Å². The van der Waals surface area contributed by atoms with Crippen LogP contribution in [0.5, 0.6) is 0 Å². The van der Waals surface area contributed by atoms with Gasteiger partial charge in [0.1, 0.15) is 7.85 Å². The van der Waals surface area contributed by atoms with Crippen molar-refractivity contribution in [1.82, 2.24) is 0 Å². The normalized spacial score (nSPS) is 22.9. The molecule has 0 bridgehead atoms. The lowest BCUT2D eigenvalue weighted by molar-refractivity contribution is -0.158. The monoisotopic (exact) mass is 246 g/mol. The van der Waals surface area contributed by atoms with E-state index in [0.29, 0.717) is 32.7 Å². The van der Waals surface area contributed by atoms with Crippen molar-refractivity contribution in [2.45, 2.75) is 32.6 Å². The second kappa shape index (κ2) is 5.74. The SMILES string of the molecule is [B]C1=CC=C(C2(C(=O)OCC)CCOCC2)CC1. The highest BCUT2D eigenvalue weighted by Gasteiger charge is 2.44. The van der Waals surface area contributed by atoms with E-state index >= 15 is 0 Å². The van der Waals surface area contributed by atoms with E-state index in [0.717, 1.165) is 23.9 Å². The molecule has 2 aliphatic rings. The Morgan fingerprint density at radius 3 is 2.67 bits per heavy atom. The van der Waals surface area contributed by atoms with E-state index in [2.05, 4.69) is 0 Å². The molecule has 1 aliphatic carbocycles. The van der Waals surface area contributed by atoms with Crippen LogP contribution >= 0.6 is 0 Å². The highest BCUT2D eigenvalue weighted by Crippen LogP contribution is 2.43. The summed E-state index contributed by atoms with van der Waals surface area (Å²) in [5.41, 5.74) is 1.55. The zero-order valence-electron chi connectivity index (χ0n) is 10.9. The fourth-order valence-electron chi connectivity index (χ4n) is 2.70. The van der Waals surface area contributed by atoms with Gasteiger partial charge in [0.25, 0.3) is 0 Å². The van der Waals surface area contributed by atoms with Crippen molar-refractivity contribution in [3.8, 4) is 0 Å². The number of hydrogen-bond donors (Lipinski definition) is 0. The van der Waals surface area contributed by atoms with Crippen LogP contribution < -0.4 is 0 Å². The molecule has 1 saturated heterocycles. The average Bonchev–Trinajstić information content (AvgIpc) is 2.40. The van der Waals surface area contributed by atoms with Gasteiger partial charge in [-0.2, -0.15) is 0 Å². The van der Waals surface area contributed by atoms with Crippen molar-refractivity contribution < 1.29 is 14.3 Å². The van der Waals surface area contributed by atoms with Crippen molar-refractivity contribution in [3.63, 3.8) is 0 Å². The predicted octanol–water partition coefficient (Wildman–Crippen LogP) is 2.12. The van der Waals surface area contributed by atoms with Gasteiger partial charge >= 0.3 is 5.97 Å². The van der Waals surface area contributed by atoms with Crippen LogP contribution in [0, 0.1) is 5.41 Å². The van der Waals surface area contributed by atoms with Crippen LogP contribution in [0.4, 0.5) is 0 Å². The topological polar surface area (TPSA) is 35.5 Å². The minimum absolute atomic E-state index is 0.103. The third-order valence-corrected chi connectivity index (χ3v) is 3.81. The third-order valence-electron chi connectivity index (χ3n) is 3.81. The lowest BCUT2D eigenvalue weighted by Gasteiger charge is -2.38. The molecule has 0 aromatic heterocycles. The third kappa shape index (κ3) is 2.53. The maximum atomic E-state index is 12.3. The first kappa shape index (κ1) is 13.4. The Morgan fingerprint density at radius 1 is 1.39 bits per heavy atom. The van der Waals surface area contributed by atoms with E-state index in [-0.39, 0.29) is 5.97 Å². The number of rotatable bonds is 3. The summed E-state index contributed by atoms with van der Waals surface area (Å²) in [4.78, 5) is 12.3. The van der Waals surface area contributed by atoms with Gasteiger partial charge in [0, 0.05) is 13.2 Å². The number of carbonyl (C=O) groups is 1. The Balaban J connectivity index is 2.27. The van der Waals surface area contributed by atoms with Gasteiger partial charge in [-0.05, 0) is 32.6 Å². The number of hydrogen-bond acceptors (Lipinski definition) is 3. The molecule has 0 atom stereocenters. The first-order valence-electron chi connectivity index (χ1n) is 6.59. The molecule has 4 heteroatoms. The predicted molar refractivity (Wildman–Crippen MR) is 70.3 cm³/mol. The first-order valence-corrected chi connectivity index (χ1v) is 6.59. The van der Waals surface area contributed by atoms with Crippen LogP contribution in [-0.4, -0.2) is 33.6 Å². The second-order valence-electron chi connectivity index (χ2n) is 4.85. The maximum Gasteiger partial charge on any atom is 0.316 e. The number of allylic oxidation sites excluding steroid dienone is 3. The van der Waals surface area contributed by atoms with Crippen molar-refractivity contribution in [2.75, 3.05) is 19.8 Å². The van der Waals surface area contributed by atoms with Crippen molar-refractivity contribution >= 4 is 13.8 Å². The highest BCUT2D eigenvalue weighted by molar-refractivity contribution is 6.21. The summed E-state index contributed by atoms with van der Waals surface area (Å²) in [6, 6.07) is 0. The van der Waals surface area contributed by atoms with Crippen LogP contribution in [0.2, 0.25) is 0 Å². The lowest BCUT2D eigenvalue weighted by Crippen LogP contribution is -2.40. The Labute approximate surface area is 110 Å². The summed E-state index contributed by atoms with van der Waals surface area (Å²) in [5, 5.41) is 0. The maximum absolute atomic E-state index is 12.3. The molecular weight excluding hydrogens is 227 g/mol. The Kier molecular flexibility index (Phi) is 4.28. The molecular formula is C14H19BO3. The molecule has 0 saturated carbocycles. The van der Waals surface area contributed by atoms with Gasteiger partial charge in [-0.15, -0.1) is 5.47 Å². The van der Waals surface area contributed by atoms with Crippen LogP contribution in [0.1, 0.15) is 32.6 Å². The van der Waals surface area contributed by atoms with E-state index in [1.165, 1.54) is 0 Å². The number of ether oxygens (including phenoxy) is 2. The smallest absolute Gasteiger partial charge is 0.316 e. The Hall–Kier alpha value is -1.03. The minimum Gasteiger partial charge on any atom is -0.465 e. The molecule has 0 aromatic carbocycles. The van der Waals surface area contributed by atoms with Crippen molar-refractivity contribution in [2.24, 2.45) is 5.41 Å². The standard InChI is InChI=1S/C14H19BO3/c1-2-18-13(16)14(7-9-17-10-8-14)11-3-5-12(15)6-4-11/h3,5H,2,4,6-10H2,1H3. The Bertz CT molecular complexity index is 379. The summed E-state index contributed by atoms with van der Waals surface area (Å²) in [6.45, 7) is 3.51. The molecule has 3 nitrogen and oxygen atoms in total. The van der Waals surface area contributed by atoms with Gasteiger partial charge in [0.15, 0.2) is 0 Å². The number of esters is 1. The molecule has 1 fully saturated rings. The second-order valence-corrected chi connectivity index (χ2v) is 4.85. The van der Waals surface area contributed by atoms with E-state index in [1.807, 2.05) is 19.1 Å². The van der Waals surface area contributed by atoms with Crippen molar-refractivity contribution in [3.05, 3.63) is 23.2 Å². The molecule has 1 heterocycles. The first-order chi connectivity index (χ1) is 8.69. The fourth-order valence-corrected chi connectivity index (χ4v) is 2.70. The van der Waals surface area contributed by atoms with Crippen LogP contribution in [0.25, 0.3) is 0 Å². The van der Waals surface area contributed by atoms with Gasteiger partial charge in [-0.25, -0.2) is 0 Å². The molecule has 0 aromatic rings. The van der Waals surface area contributed by atoms with Gasteiger partial charge in [0.2, 0.25) is 0 Å². The van der Waals surface area contributed by atoms with Gasteiger partial charge in [0.05, 0.1) is 12.0 Å². The van der Waals surface area contributed by atoms with E-state index < -0.39 is 5.41 Å². The quantitative estimate of drug-likeness (QED) is 0.565. The molecule has 2 radical (unpaired) electrons. The van der Waals surface area contributed by atoms with E-state index in [9.17, 15) is 4.79 Å². The zero-order chi connectivity index (χ0) is 13.0. The van der Waals surface area contributed by atoms with Gasteiger partial charge in [-0.3, -0.25) is 4.79 Å². The molecule has 0 N–H and O–H groups in total. The molecule has 18 heavy (non-hydrogen) atoms. The van der Waals surface area contributed by atoms with Crippen molar-refractivity contribution in [1.29, 1.82) is 0 Å². The minimum atomic E-state index is -0.481. The summed E-state index contributed by atoms with van der Waals surface area (Å²) < 4.78 is 10.7. The Morgan fingerprint density at radius 2 is 2.11 bits per heavy atom. The van der Waals surface area contributed by atoms with Gasteiger partial charge < -0.3 is 9.47 Å². The molecule has 96 valence electrons. The summed E-state index contributed by atoms with van der Waals surface area (Å²) >= 11 is 0. The average molecular weight is 246 g/mol. The summed E-state index contributed by atoms with van der Waals surface area (Å²) in [7, 11) is 5.78. The van der Waals surface area contributed by atoms with Crippen LogP contribution in [0.3, 0.4) is 0 Å². The highest BCUT2D eigenvalue weighted by atomic mass is 16.5. The zero-order valence-corrected chi connectivity index (χ0v) is 10.9. The van der Waals surface area contributed by atoms with E-state index in [4.69, 9.17) is 17.3 Å². The molecule has 1 aliphatic heterocycles. The lowest BCUT2D eigenvalue weighted by atomic mass is 9.69. The fraction of sp³-hybridized carbons (Fsp3) is 0.643. The molecule has 2 rings (SSSR count). The summed E-state index contributed by atoms with van der Waals surface area (Å²) in [5.74, 6) is -0.103. The molecule has 0 unspecified atom stereocenters.